The fourth-order valence-electron chi connectivity index (χ4n) is 2.97. The summed E-state index contributed by atoms with van der Waals surface area (Å²) in [5.74, 6) is 0. The third kappa shape index (κ3) is 2.80. The molecule has 3 aromatic rings. The first kappa shape index (κ1) is 14.6. The van der Waals surface area contributed by atoms with E-state index >= 15 is 0 Å². The molecular weight excluding hydrogens is 327 g/mol. The third-order valence-electron chi connectivity index (χ3n) is 4.16. The molecule has 0 fully saturated rings. The number of hydrogen-bond donors (Lipinski definition) is 1. The monoisotopic (exact) mass is 340 g/mol. The fraction of sp³-hybridized carbons (Fsp3) is 0.105. The SMILES string of the molecule is Clc1ccc(-c2ccnc(C3Cc4ccccc4N3)c2)cc1Cl. The summed E-state index contributed by atoms with van der Waals surface area (Å²) in [5, 5.41) is 4.67. The Hall–Kier alpha value is -2.03. The largest absolute Gasteiger partial charge is 0.376 e. The number of nitrogens with zero attached hydrogens (tertiary/aromatic N) is 1. The van der Waals surface area contributed by atoms with Gasteiger partial charge in [0.1, 0.15) is 0 Å². The number of halogens is 2. The molecule has 0 aliphatic carbocycles. The van der Waals surface area contributed by atoms with Gasteiger partial charge in [-0.2, -0.15) is 0 Å². The molecule has 0 saturated heterocycles. The van der Waals surface area contributed by atoms with Gasteiger partial charge in [-0.15, -0.1) is 0 Å². The number of anilines is 1. The van der Waals surface area contributed by atoms with Gasteiger partial charge in [-0.3, -0.25) is 4.98 Å². The molecule has 0 amide bonds. The second-order valence-electron chi connectivity index (χ2n) is 5.66. The highest BCUT2D eigenvalue weighted by atomic mass is 35.5. The van der Waals surface area contributed by atoms with Crippen LogP contribution in [0.2, 0.25) is 10.0 Å². The molecule has 4 rings (SSSR count). The van der Waals surface area contributed by atoms with E-state index in [1.54, 1.807) is 0 Å². The first-order valence-electron chi connectivity index (χ1n) is 7.46. The van der Waals surface area contributed by atoms with Gasteiger partial charge in [0.2, 0.25) is 0 Å². The maximum Gasteiger partial charge on any atom is 0.0726 e. The normalized spacial score (nSPS) is 16.0. The lowest BCUT2D eigenvalue weighted by Crippen LogP contribution is -2.07. The van der Waals surface area contributed by atoms with Gasteiger partial charge in [-0.25, -0.2) is 0 Å². The number of pyridine rings is 1. The van der Waals surface area contributed by atoms with Crippen molar-refractivity contribution in [1.29, 1.82) is 0 Å². The van der Waals surface area contributed by atoms with Crippen LogP contribution >= 0.6 is 23.2 Å². The molecular formula is C19H14Cl2N2. The van der Waals surface area contributed by atoms with Crippen LogP contribution in [0, 0.1) is 0 Å². The molecule has 23 heavy (non-hydrogen) atoms. The van der Waals surface area contributed by atoms with Crippen molar-refractivity contribution in [2.45, 2.75) is 12.5 Å². The topological polar surface area (TPSA) is 24.9 Å². The summed E-state index contributed by atoms with van der Waals surface area (Å²) >= 11 is 12.1. The van der Waals surface area contributed by atoms with E-state index in [4.69, 9.17) is 23.2 Å². The molecule has 4 heteroatoms. The Labute approximate surface area is 145 Å². The number of aromatic nitrogens is 1. The molecule has 114 valence electrons. The molecule has 1 aliphatic heterocycles. The highest BCUT2D eigenvalue weighted by molar-refractivity contribution is 6.42. The smallest absolute Gasteiger partial charge is 0.0726 e. The zero-order valence-corrected chi connectivity index (χ0v) is 13.8. The molecule has 0 radical (unpaired) electrons. The first-order valence-corrected chi connectivity index (χ1v) is 8.22. The van der Waals surface area contributed by atoms with E-state index < -0.39 is 0 Å². The van der Waals surface area contributed by atoms with Crippen LogP contribution in [0.3, 0.4) is 0 Å². The Kier molecular flexibility index (Phi) is 3.72. The van der Waals surface area contributed by atoms with Crippen molar-refractivity contribution in [2.75, 3.05) is 5.32 Å². The van der Waals surface area contributed by atoms with Crippen molar-refractivity contribution in [3.05, 3.63) is 82.1 Å². The molecule has 2 heterocycles. The van der Waals surface area contributed by atoms with E-state index in [-0.39, 0.29) is 6.04 Å². The number of hydrogen-bond acceptors (Lipinski definition) is 2. The zero-order chi connectivity index (χ0) is 15.8. The summed E-state index contributed by atoms with van der Waals surface area (Å²) in [7, 11) is 0. The molecule has 1 unspecified atom stereocenters. The minimum absolute atomic E-state index is 0.204. The lowest BCUT2D eigenvalue weighted by Gasteiger charge is -2.12. The van der Waals surface area contributed by atoms with Crippen LogP contribution in [0.25, 0.3) is 11.1 Å². The van der Waals surface area contributed by atoms with Gasteiger partial charge in [-0.1, -0.05) is 47.5 Å². The average molecular weight is 341 g/mol. The van der Waals surface area contributed by atoms with Crippen LogP contribution in [0.1, 0.15) is 17.3 Å². The van der Waals surface area contributed by atoms with Gasteiger partial charge in [0.15, 0.2) is 0 Å². The molecule has 0 spiro atoms. The van der Waals surface area contributed by atoms with Crippen molar-refractivity contribution in [1.82, 2.24) is 4.98 Å². The second-order valence-corrected chi connectivity index (χ2v) is 6.47. The second kappa shape index (κ2) is 5.88. The Morgan fingerprint density at radius 1 is 0.913 bits per heavy atom. The van der Waals surface area contributed by atoms with Crippen LogP contribution in [-0.4, -0.2) is 4.98 Å². The average Bonchev–Trinajstić information content (AvgIpc) is 3.02. The van der Waals surface area contributed by atoms with Crippen LogP contribution in [0.4, 0.5) is 5.69 Å². The molecule has 1 atom stereocenters. The fourth-order valence-corrected chi connectivity index (χ4v) is 3.27. The predicted molar refractivity (Wildman–Crippen MR) is 96.2 cm³/mol. The zero-order valence-electron chi connectivity index (χ0n) is 12.3. The lowest BCUT2D eigenvalue weighted by molar-refractivity contribution is 0.789. The quantitative estimate of drug-likeness (QED) is 0.640. The van der Waals surface area contributed by atoms with Gasteiger partial charge in [0, 0.05) is 18.3 Å². The summed E-state index contributed by atoms with van der Waals surface area (Å²) < 4.78 is 0. The van der Waals surface area contributed by atoms with E-state index in [0.29, 0.717) is 10.0 Å². The summed E-state index contributed by atoms with van der Waals surface area (Å²) in [6.07, 6.45) is 2.80. The Morgan fingerprint density at radius 2 is 1.74 bits per heavy atom. The van der Waals surface area contributed by atoms with E-state index in [9.17, 15) is 0 Å². The minimum Gasteiger partial charge on any atom is -0.376 e. The van der Waals surface area contributed by atoms with Crippen LogP contribution in [-0.2, 0) is 6.42 Å². The Morgan fingerprint density at radius 3 is 2.57 bits per heavy atom. The molecule has 1 aromatic heterocycles. The van der Waals surface area contributed by atoms with Crippen molar-refractivity contribution < 1.29 is 0 Å². The number of para-hydroxylation sites is 1. The molecule has 1 N–H and O–H groups in total. The molecule has 2 aromatic carbocycles. The van der Waals surface area contributed by atoms with Crippen molar-refractivity contribution in [2.24, 2.45) is 0 Å². The molecule has 2 nitrogen and oxygen atoms in total. The van der Waals surface area contributed by atoms with Gasteiger partial charge in [-0.05, 0) is 47.0 Å². The van der Waals surface area contributed by atoms with Crippen molar-refractivity contribution in [3.8, 4) is 11.1 Å². The Bertz CT molecular complexity index is 852. The van der Waals surface area contributed by atoms with Crippen molar-refractivity contribution in [3.63, 3.8) is 0 Å². The molecule has 0 saturated carbocycles. The standard InChI is InChI=1S/C19H14Cl2N2/c20-15-6-5-12(9-16(15)21)13-7-8-22-18(10-13)19-11-14-3-1-2-4-17(14)23-19/h1-10,19,23H,11H2. The predicted octanol–water partition coefficient (Wildman–Crippen LogP) is 5.76. The maximum absolute atomic E-state index is 6.13. The number of rotatable bonds is 2. The number of fused-ring (bicyclic) bond motifs is 1. The lowest BCUT2D eigenvalue weighted by atomic mass is 10.0. The Balaban J connectivity index is 1.66. The molecule has 0 bridgehead atoms. The highest BCUT2D eigenvalue weighted by Gasteiger charge is 2.22. The van der Waals surface area contributed by atoms with Crippen LogP contribution in [0.5, 0.6) is 0 Å². The summed E-state index contributed by atoms with van der Waals surface area (Å²) in [6, 6.07) is 18.4. The summed E-state index contributed by atoms with van der Waals surface area (Å²) in [4.78, 5) is 4.55. The van der Waals surface area contributed by atoms with E-state index in [2.05, 4.69) is 34.6 Å². The van der Waals surface area contributed by atoms with Crippen LogP contribution < -0.4 is 5.32 Å². The van der Waals surface area contributed by atoms with Crippen LogP contribution in [0.15, 0.2) is 60.8 Å². The van der Waals surface area contributed by atoms with Gasteiger partial charge in [0.25, 0.3) is 0 Å². The first-order chi connectivity index (χ1) is 11.2. The third-order valence-corrected chi connectivity index (χ3v) is 4.90. The number of benzene rings is 2. The van der Waals surface area contributed by atoms with Crippen molar-refractivity contribution >= 4 is 28.9 Å². The highest BCUT2D eigenvalue weighted by Crippen LogP contribution is 2.35. The van der Waals surface area contributed by atoms with Gasteiger partial charge in [0.05, 0.1) is 21.8 Å². The van der Waals surface area contributed by atoms with E-state index in [1.807, 2.05) is 36.5 Å². The maximum atomic E-state index is 6.13. The van der Waals surface area contributed by atoms with E-state index in [0.717, 1.165) is 23.2 Å². The van der Waals surface area contributed by atoms with Gasteiger partial charge < -0.3 is 5.32 Å². The summed E-state index contributed by atoms with van der Waals surface area (Å²) in [6.45, 7) is 0. The minimum atomic E-state index is 0.204. The summed E-state index contributed by atoms with van der Waals surface area (Å²) in [5.41, 5.74) is 5.69. The van der Waals surface area contributed by atoms with E-state index in [1.165, 1.54) is 11.3 Å². The molecule has 1 aliphatic rings. The van der Waals surface area contributed by atoms with Gasteiger partial charge >= 0.3 is 0 Å². The number of nitrogens with one attached hydrogen (secondary N) is 1.